The SMILES string of the molecule is CN(CCCOc1cccc(S(C)(=O)=O)c1)C(=O)c1cccc(N2CCCS2(=O)=O)c1. The fourth-order valence-electron chi connectivity index (χ4n) is 3.33. The number of rotatable bonds is 8. The topological polar surface area (TPSA) is 101 Å². The van der Waals surface area contributed by atoms with Gasteiger partial charge in [0.2, 0.25) is 10.0 Å². The molecular weight excluding hydrogens is 440 g/mol. The number of amides is 1. The molecule has 0 radical (unpaired) electrons. The predicted molar refractivity (Wildman–Crippen MR) is 119 cm³/mol. The number of hydrogen-bond donors (Lipinski definition) is 0. The average molecular weight is 467 g/mol. The molecule has 1 aliphatic rings. The van der Waals surface area contributed by atoms with Crippen LogP contribution in [0.15, 0.2) is 53.4 Å². The van der Waals surface area contributed by atoms with Gasteiger partial charge in [0.05, 0.1) is 22.9 Å². The van der Waals surface area contributed by atoms with Crippen molar-refractivity contribution in [1.29, 1.82) is 0 Å². The second-order valence-electron chi connectivity index (χ2n) is 7.47. The smallest absolute Gasteiger partial charge is 0.253 e. The van der Waals surface area contributed by atoms with Gasteiger partial charge in [0.25, 0.3) is 5.91 Å². The molecule has 1 fully saturated rings. The first-order valence-corrected chi connectivity index (χ1v) is 13.4. The molecule has 0 bridgehead atoms. The highest BCUT2D eigenvalue weighted by atomic mass is 32.2. The van der Waals surface area contributed by atoms with Gasteiger partial charge in [-0.1, -0.05) is 12.1 Å². The standard InChI is InChI=1S/C21H26N2O6S2/c1-22(11-5-13-29-19-9-4-10-20(16-19)30(2,25)26)21(24)17-7-3-8-18(15-17)23-12-6-14-31(23,27)28/h3-4,7-10,15-16H,5-6,11-14H2,1-2H3. The summed E-state index contributed by atoms with van der Waals surface area (Å²) >= 11 is 0. The zero-order valence-corrected chi connectivity index (χ0v) is 19.2. The van der Waals surface area contributed by atoms with Crippen molar-refractivity contribution in [3.63, 3.8) is 0 Å². The van der Waals surface area contributed by atoms with Gasteiger partial charge in [-0.25, -0.2) is 16.8 Å². The molecule has 8 nitrogen and oxygen atoms in total. The summed E-state index contributed by atoms with van der Waals surface area (Å²) in [5, 5.41) is 0. The lowest BCUT2D eigenvalue weighted by Gasteiger charge is -2.20. The molecule has 0 aliphatic carbocycles. The number of carbonyl (C=O) groups excluding carboxylic acids is 1. The molecular formula is C21H26N2O6S2. The van der Waals surface area contributed by atoms with Crippen molar-refractivity contribution in [2.75, 3.05) is 43.1 Å². The van der Waals surface area contributed by atoms with Crippen molar-refractivity contribution >= 4 is 31.5 Å². The van der Waals surface area contributed by atoms with Crippen LogP contribution in [0.4, 0.5) is 5.69 Å². The largest absolute Gasteiger partial charge is 0.493 e. The van der Waals surface area contributed by atoms with Crippen molar-refractivity contribution in [2.45, 2.75) is 17.7 Å². The van der Waals surface area contributed by atoms with Crippen LogP contribution in [0.2, 0.25) is 0 Å². The highest BCUT2D eigenvalue weighted by Gasteiger charge is 2.28. The third-order valence-electron chi connectivity index (χ3n) is 4.97. The van der Waals surface area contributed by atoms with Gasteiger partial charge in [-0.15, -0.1) is 0 Å². The van der Waals surface area contributed by atoms with Crippen LogP contribution in [0.1, 0.15) is 23.2 Å². The number of carbonyl (C=O) groups is 1. The van der Waals surface area contributed by atoms with Gasteiger partial charge < -0.3 is 9.64 Å². The molecule has 0 spiro atoms. The lowest BCUT2D eigenvalue weighted by Crippen LogP contribution is -2.29. The average Bonchev–Trinajstić information content (AvgIpc) is 3.09. The van der Waals surface area contributed by atoms with Crippen LogP contribution < -0.4 is 9.04 Å². The summed E-state index contributed by atoms with van der Waals surface area (Å²) in [6.45, 7) is 1.17. The summed E-state index contributed by atoms with van der Waals surface area (Å²) in [5.74, 6) is 0.368. The molecule has 168 valence electrons. The summed E-state index contributed by atoms with van der Waals surface area (Å²) in [7, 11) is -4.93. The highest BCUT2D eigenvalue weighted by molar-refractivity contribution is 7.93. The van der Waals surface area contributed by atoms with E-state index in [2.05, 4.69) is 0 Å². The number of nitrogens with zero attached hydrogens (tertiary/aromatic N) is 2. The number of anilines is 1. The minimum absolute atomic E-state index is 0.123. The summed E-state index contributed by atoms with van der Waals surface area (Å²) in [5.41, 5.74) is 0.926. The van der Waals surface area contributed by atoms with Crippen molar-refractivity contribution in [3.8, 4) is 5.75 Å². The van der Waals surface area contributed by atoms with Crippen LogP contribution in [-0.2, 0) is 19.9 Å². The van der Waals surface area contributed by atoms with Gasteiger partial charge in [0.1, 0.15) is 5.75 Å². The monoisotopic (exact) mass is 466 g/mol. The van der Waals surface area contributed by atoms with Crippen LogP contribution >= 0.6 is 0 Å². The molecule has 2 aromatic carbocycles. The maximum Gasteiger partial charge on any atom is 0.253 e. The highest BCUT2D eigenvalue weighted by Crippen LogP contribution is 2.25. The number of sulfonamides is 1. The fourth-order valence-corrected chi connectivity index (χ4v) is 5.54. The molecule has 3 rings (SSSR count). The molecule has 1 aliphatic heterocycles. The zero-order chi connectivity index (χ0) is 22.6. The fraction of sp³-hybridized carbons (Fsp3) is 0.381. The van der Waals surface area contributed by atoms with E-state index in [-0.39, 0.29) is 16.6 Å². The van der Waals surface area contributed by atoms with Gasteiger partial charge in [0, 0.05) is 32.0 Å². The van der Waals surface area contributed by atoms with Crippen LogP contribution in [0, 0.1) is 0 Å². The van der Waals surface area contributed by atoms with Crippen molar-refractivity contribution < 1.29 is 26.4 Å². The van der Waals surface area contributed by atoms with E-state index in [1.165, 1.54) is 16.4 Å². The van der Waals surface area contributed by atoms with Crippen LogP contribution in [-0.4, -0.2) is 66.4 Å². The molecule has 0 atom stereocenters. The van der Waals surface area contributed by atoms with Gasteiger partial charge in [-0.2, -0.15) is 0 Å². The van der Waals surface area contributed by atoms with E-state index in [1.807, 2.05) is 0 Å². The first-order chi connectivity index (χ1) is 14.6. The lowest BCUT2D eigenvalue weighted by atomic mass is 10.1. The van der Waals surface area contributed by atoms with E-state index in [1.54, 1.807) is 48.3 Å². The first kappa shape index (κ1) is 23.1. The molecule has 1 heterocycles. The molecule has 31 heavy (non-hydrogen) atoms. The van der Waals surface area contributed by atoms with E-state index in [9.17, 15) is 21.6 Å². The van der Waals surface area contributed by atoms with Crippen molar-refractivity contribution in [2.24, 2.45) is 0 Å². The second-order valence-corrected chi connectivity index (χ2v) is 11.5. The van der Waals surface area contributed by atoms with Crippen LogP contribution in [0.25, 0.3) is 0 Å². The Labute approximate surface area is 183 Å². The lowest BCUT2D eigenvalue weighted by molar-refractivity contribution is 0.0788. The van der Waals surface area contributed by atoms with Crippen LogP contribution in [0.3, 0.4) is 0 Å². The number of hydrogen-bond acceptors (Lipinski definition) is 6. The summed E-state index contributed by atoms with van der Waals surface area (Å²) in [6.07, 6.45) is 2.26. The minimum Gasteiger partial charge on any atom is -0.493 e. The Morgan fingerprint density at radius 1 is 1.16 bits per heavy atom. The van der Waals surface area contributed by atoms with Crippen molar-refractivity contribution in [1.82, 2.24) is 4.90 Å². The zero-order valence-electron chi connectivity index (χ0n) is 17.5. The van der Waals surface area contributed by atoms with Gasteiger partial charge in [-0.3, -0.25) is 9.10 Å². The molecule has 2 aromatic rings. The Bertz CT molecular complexity index is 1160. The molecule has 0 aromatic heterocycles. The second kappa shape index (κ2) is 9.27. The van der Waals surface area contributed by atoms with Gasteiger partial charge in [-0.05, 0) is 49.2 Å². The Balaban J connectivity index is 1.55. The normalized spacial score (nSPS) is 15.6. The molecule has 10 heteroatoms. The number of sulfone groups is 1. The van der Waals surface area contributed by atoms with Gasteiger partial charge in [0.15, 0.2) is 9.84 Å². The molecule has 1 saturated heterocycles. The van der Waals surface area contributed by atoms with Gasteiger partial charge >= 0.3 is 0 Å². The third-order valence-corrected chi connectivity index (χ3v) is 7.95. The Morgan fingerprint density at radius 3 is 2.58 bits per heavy atom. The quantitative estimate of drug-likeness (QED) is 0.553. The summed E-state index contributed by atoms with van der Waals surface area (Å²) < 4.78 is 54.5. The molecule has 1 amide bonds. The summed E-state index contributed by atoms with van der Waals surface area (Å²) in [6, 6.07) is 12.9. The van der Waals surface area contributed by atoms with E-state index in [0.717, 1.165) is 6.26 Å². The Kier molecular flexibility index (Phi) is 6.90. The first-order valence-electron chi connectivity index (χ1n) is 9.87. The van der Waals surface area contributed by atoms with Crippen molar-refractivity contribution in [3.05, 3.63) is 54.1 Å². The maximum atomic E-state index is 12.7. The van der Waals surface area contributed by atoms with E-state index < -0.39 is 19.9 Å². The maximum absolute atomic E-state index is 12.7. The van der Waals surface area contributed by atoms with E-state index in [0.29, 0.717) is 49.5 Å². The van der Waals surface area contributed by atoms with E-state index >= 15 is 0 Å². The van der Waals surface area contributed by atoms with E-state index in [4.69, 9.17) is 4.74 Å². The predicted octanol–water partition coefficient (Wildman–Crippen LogP) is 2.17. The van der Waals surface area contributed by atoms with Crippen LogP contribution in [0.5, 0.6) is 5.75 Å². The molecule has 0 unspecified atom stereocenters. The number of benzene rings is 2. The Morgan fingerprint density at radius 2 is 1.90 bits per heavy atom. The third kappa shape index (κ3) is 5.76. The Hall–Kier alpha value is -2.59. The molecule has 0 N–H and O–H groups in total. The number of ether oxygens (including phenoxy) is 1. The molecule has 0 saturated carbocycles. The minimum atomic E-state index is -3.30. The summed E-state index contributed by atoms with van der Waals surface area (Å²) in [4.78, 5) is 14.5.